The van der Waals surface area contributed by atoms with Gasteiger partial charge in [0.25, 0.3) is 0 Å². The van der Waals surface area contributed by atoms with Gasteiger partial charge in [0.05, 0.1) is 5.39 Å². The van der Waals surface area contributed by atoms with Crippen LogP contribution in [0.25, 0.3) is 11.0 Å². The maximum Gasteiger partial charge on any atom is 0.246 e. The first-order valence-corrected chi connectivity index (χ1v) is 9.62. The number of nitrogens with zero attached hydrogens (tertiary/aromatic N) is 3. The monoisotopic (exact) mass is 369 g/mol. The maximum atomic E-state index is 12.1. The number of likely N-dealkylation sites (tertiary alicyclic amines) is 1. The van der Waals surface area contributed by atoms with Crippen molar-refractivity contribution in [2.24, 2.45) is 5.92 Å². The van der Waals surface area contributed by atoms with E-state index in [2.05, 4.69) is 40.0 Å². The Morgan fingerprint density at radius 2 is 2.33 bits per heavy atom. The molecule has 2 N–H and O–H groups in total. The summed E-state index contributed by atoms with van der Waals surface area (Å²) < 4.78 is 5.31. The lowest BCUT2D eigenvalue weighted by Crippen LogP contribution is -2.49. The number of hydrogen-bond donors (Lipinski definition) is 2. The van der Waals surface area contributed by atoms with Crippen LogP contribution in [0.15, 0.2) is 25.2 Å². The standard InChI is InChI=1S/C20H27N5O2/c1-4-17(26)25-9-14(6-5-12(25)2)24-20-18-16(15-7-13(15)10-27-3)8-21-19(18)22-11-23-20/h4,8,11-15H,1,5-7,9-10H2,2-3H3,(H2,21,22,23,24). The third-order valence-electron chi connectivity index (χ3n) is 5.88. The zero-order chi connectivity index (χ0) is 19.0. The molecule has 144 valence electrons. The minimum absolute atomic E-state index is 0.00967. The highest BCUT2D eigenvalue weighted by molar-refractivity contribution is 5.91. The molecule has 1 saturated carbocycles. The number of hydrogen-bond acceptors (Lipinski definition) is 5. The fourth-order valence-electron chi connectivity index (χ4n) is 4.26. The van der Waals surface area contributed by atoms with Gasteiger partial charge in [0, 0.05) is 38.5 Å². The Balaban J connectivity index is 1.56. The smallest absolute Gasteiger partial charge is 0.246 e. The second kappa shape index (κ2) is 7.31. The Morgan fingerprint density at radius 1 is 1.48 bits per heavy atom. The van der Waals surface area contributed by atoms with E-state index in [0.29, 0.717) is 18.4 Å². The topological polar surface area (TPSA) is 83.1 Å². The highest BCUT2D eigenvalue weighted by atomic mass is 16.5. The molecule has 4 atom stereocenters. The van der Waals surface area contributed by atoms with Crippen molar-refractivity contribution >= 4 is 22.8 Å². The fraction of sp³-hybridized carbons (Fsp3) is 0.550. The van der Waals surface area contributed by atoms with Gasteiger partial charge in [-0.2, -0.15) is 0 Å². The fourth-order valence-corrected chi connectivity index (χ4v) is 4.26. The molecule has 0 spiro atoms. The number of amides is 1. The predicted octanol–water partition coefficient (Wildman–Crippen LogP) is 2.69. The molecule has 0 aromatic carbocycles. The molecule has 0 radical (unpaired) electrons. The molecule has 7 heteroatoms. The van der Waals surface area contributed by atoms with E-state index in [0.717, 1.165) is 42.7 Å². The molecule has 27 heavy (non-hydrogen) atoms. The van der Waals surface area contributed by atoms with Crippen molar-refractivity contribution < 1.29 is 9.53 Å². The van der Waals surface area contributed by atoms with Crippen LogP contribution in [0.4, 0.5) is 5.82 Å². The van der Waals surface area contributed by atoms with Crippen LogP contribution < -0.4 is 5.32 Å². The summed E-state index contributed by atoms with van der Waals surface area (Å²) in [5.74, 6) is 1.91. The summed E-state index contributed by atoms with van der Waals surface area (Å²) in [7, 11) is 1.75. The van der Waals surface area contributed by atoms with Gasteiger partial charge in [0.15, 0.2) is 0 Å². The van der Waals surface area contributed by atoms with Crippen LogP contribution in [0.2, 0.25) is 0 Å². The van der Waals surface area contributed by atoms with E-state index in [1.165, 1.54) is 11.6 Å². The lowest BCUT2D eigenvalue weighted by Gasteiger charge is -2.38. The van der Waals surface area contributed by atoms with E-state index in [9.17, 15) is 4.79 Å². The normalized spacial score (nSPS) is 27.6. The van der Waals surface area contributed by atoms with Gasteiger partial charge in [-0.15, -0.1) is 0 Å². The number of nitrogens with one attached hydrogen (secondary N) is 2. The van der Waals surface area contributed by atoms with Crippen LogP contribution in [0.3, 0.4) is 0 Å². The van der Waals surface area contributed by atoms with Crippen molar-refractivity contribution in [1.82, 2.24) is 19.9 Å². The molecule has 1 aliphatic heterocycles. The second-order valence-corrected chi connectivity index (χ2v) is 7.71. The highest BCUT2D eigenvalue weighted by Gasteiger charge is 2.40. The lowest BCUT2D eigenvalue weighted by molar-refractivity contribution is -0.129. The number of carbonyl (C=O) groups is 1. The average Bonchev–Trinajstić information content (AvgIpc) is 3.30. The number of fused-ring (bicyclic) bond motifs is 1. The van der Waals surface area contributed by atoms with E-state index in [4.69, 9.17) is 4.74 Å². The van der Waals surface area contributed by atoms with Crippen LogP contribution >= 0.6 is 0 Å². The molecule has 2 aliphatic rings. The summed E-state index contributed by atoms with van der Waals surface area (Å²) in [6.07, 6.45) is 8.14. The zero-order valence-electron chi connectivity index (χ0n) is 15.9. The van der Waals surface area contributed by atoms with Gasteiger partial charge in [-0.05, 0) is 49.7 Å². The van der Waals surface area contributed by atoms with Gasteiger partial charge in [0.1, 0.15) is 17.8 Å². The van der Waals surface area contributed by atoms with Gasteiger partial charge in [-0.1, -0.05) is 6.58 Å². The number of rotatable bonds is 6. The lowest BCUT2D eigenvalue weighted by atomic mass is 9.99. The van der Waals surface area contributed by atoms with Gasteiger partial charge < -0.3 is 19.9 Å². The number of anilines is 1. The number of aromatic nitrogens is 3. The van der Waals surface area contributed by atoms with Gasteiger partial charge >= 0.3 is 0 Å². The maximum absolute atomic E-state index is 12.1. The van der Waals surface area contributed by atoms with Crippen molar-refractivity contribution in [3.05, 3.63) is 30.7 Å². The largest absolute Gasteiger partial charge is 0.384 e. The summed E-state index contributed by atoms with van der Waals surface area (Å²) in [6, 6.07) is 0.406. The average molecular weight is 369 g/mol. The SMILES string of the molecule is C=CC(=O)N1CC(Nc2ncnc3[nH]cc(C4CC4COC)c23)CCC1C. The van der Waals surface area contributed by atoms with Crippen LogP contribution in [-0.4, -0.2) is 58.1 Å². The van der Waals surface area contributed by atoms with Gasteiger partial charge in [-0.3, -0.25) is 4.79 Å². The second-order valence-electron chi connectivity index (χ2n) is 7.71. The van der Waals surface area contributed by atoms with E-state index in [-0.39, 0.29) is 18.0 Å². The molecule has 4 rings (SSSR count). The number of piperidine rings is 1. The Kier molecular flexibility index (Phi) is 4.86. The van der Waals surface area contributed by atoms with Crippen molar-refractivity contribution in [2.75, 3.05) is 25.6 Å². The van der Waals surface area contributed by atoms with Gasteiger partial charge in [0.2, 0.25) is 5.91 Å². The molecule has 2 fully saturated rings. The molecule has 0 bridgehead atoms. The summed E-state index contributed by atoms with van der Waals surface area (Å²) in [6.45, 7) is 7.16. The third-order valence-corrected chi connectivity index (χ3v) is 5.88. The molecule has 7 nitrogen and oxygen atoms in total. The number of H-pyrrole nitrogens is 1. The molecule has 2 aromatic rings. The first-order valence-electron chi connectivity index (χ1n) is 9.62. The summed E-state index contributed by atoms with van der Waals surface area (Å²) in [4.78, 5) is 26.2. The molecule has 1 aliphatic carbocycles. The number of methoxy groups -OCH3 is 1. The van der Waals surface area contributed by atoms with Crippen LogP contribution in [0.1, 0.15) is 37.7 Å². The molecular formula is C20H27N5O2. The van der Waals surface area contributed by atoms with Crippen molar-refractivity contribution in [1.29, 1.82) is 0 Å². The number of ether oxygens (including phenoxy) is 1. The van der Waals surface area contributed by atoms with Crippen molar-refractivity contribution in [3.63, 3.8) is 0 Å². The summed E-state index contributed by atoms with van der Waals surface area (Å²) in [5, 5.41) is 4.65. The van der Waals surface area contributed by atoms with E-state index in [1.807, 2.05) is 4.90 Å². The molecule has 1 saturated heterocycles. The van der Waals surface area contributed by atoms with E-state index >= 15 is 0 Å². The third kappa shape index (κ3) is 3.43. The van der Waals surface area contributed by atoms with Crippen molar-refractivity contribution in [2.45, 2.75) is 44.2 Å². The minimum Gasteiger partial charge on any atom is -0.384 e. The van der Waals surface area contributed by atoms with Crippen LogP contribution in [0, 0.1) is 5.92 Å². The molecule has 1 amide bonds. The Hall–Kier alpha value is -2.41. The Morgan fingerprint density at radius 3 is 3.11 bits per heavy atom. The first kappa shape index (κ1) is 18.0. The number of carbonyl (C=O) groups excluding carboxylic acids is 1. The van der Waals surface area contributed by atoms with Crippen LogP contribution in [0.5, 0.6) is 0 Å². The quantitative estimate of drug-likeness (QED) is 0.765. The minimum atomic E-state index is -0.00967. The summed E-state index contributed by atoms with van der Waals surface area (Å²) in [5.41, 5.74) is 2.12. The molecular weight excluding hydrogens is 342 g/mol. The molecule has 4 unspecified atom stereocenters. The highest BCUT2D eigenvalue weighted by Crippen LogP contribution is 2.50. The predicted molar refractivity (Wildman–Crippen MR) is 105 cm³/mol. The molecule has 3 heterocycles. The Labute approximate surface area is 159 Å². The van der Waals surface area contributed by atoms with Gasteiger partial charge in [-0.25, -0.2) is 9.97 Å². The zero-order valence-corrected chi connectivity index (χ0v) is 15.9. The Bertz CT molecular complexity index is 848. The van der Waals surface area contributed by atoms with E-state index < -0.39 is 0 Å². The summed E-state index contributed by atoms with van der Waals surface area (Å²) >= 11 is 0. The molecule has 2 aromatic heterocycles. The van der Waals surface area contributed by atoms with Crippen LogP contribution in [-0.2, 0) is 9.53 Å². The first-order chi connectivity index (χ1) is 13.1. The van der Waals surface area contributed by atoms with E-state index in [1.54, 1.807) is 13.4 Å². The number of aromatic amines is 1. The van der Waals surface area contributed by atoms with Crippen molar-refractivity contribution in [3.8, 4) is 0 Å².